The maximum Gasteiger partial charge on any atom is 0.160 e. The minimum absolute atomic E-state index is 0.452. The number of nitrogens with zero attached hydrogens (tertiary/aromatic N) is 2. The van der Waals surface area contributed by atoms with Crippen molar-refractivity contribution in [2.75, 3.05) is 10.7 Å². The molecule has 5 heteroatoms. The molecule has 0 aromatic carbocycles. The Bertz CT molecular complexity index is 494. The number of hydrazine groups is 1. The molecule has 1 aromatic heterocycles. The average molecular weight is 287 g/mol. The fourth-order valence-corrected chi connectivity index (χ4v) is 5.59. The van der Waals surface area contributed by atoms with Crippen molar-refractivity contribution in [1.29, 1.82) is 0 Å². The van der Waals surface area contributed by atoms with Crippen molar-refractivity contribution < 1.29 is 0 Å². The van der Waals surface area contributed by atoms with Crippen molar-refractivity contribution in [3.8, 4) is 0 Å². The summed E-state index contributed by atoms with van der Waals surface area (Å²) < 4.78 is 0. The van der Waals surface area contributed by atoms with Gasteiger partial charge in [0, 0.05) is 6.04 Å². The Hall–Kier alpha value is -1.36. The molecule has 5 nitrogen and oxygen atoms in total. The van der Waals surface area contributed by atoms with Crippen molar-refractivity contribution in [2.24, 2.45) is 29.0 Å². The molecule has 0 radical (unpaired) electrons. The van der Waals surface area contributed by atoms with Gasteiger partial charge in [-0.05, 0) is 68.6 Å². The fraction of sp³-hybridized carbons (Fsp3) is 0.750. The lowest BCUT2D eigenvalue weighted by Crippen LogP contribution is -2.53. The molecule has 114 valence electrons. The first-order valence-electron chi connectivity index (χ1n) is 8.22. The van der Waals surface area contributed by atoms with E-state index in [0.717, 1.165) is 23.6 Å². The van der Waals surface area contributed by atoms with Crippen LogP contribution in [0, 0.1) is 23.2 Å². The van der Waals surface area contributed by atoms with Gasteiger partial charge < -0.3 is 10.7 Å². The topological polar surface area (TPSA) is 75.9 Å². The van der Waals surface area contributed by atoms with Gasteiger partial charge in [0.15, 0.2) is 5.82 Å². The molecule has 0 amide bonds. The molecule has 4 bridgehead atoms. The molecular weight excluding hydrogens is 262 g/mol. The third-order valence-corrected chi connectivity index (χ3v) is 6.15. The number of hydrogen-bond donors (Lipinski definition) is 3. The van der Waals surface area contributed by atoms with Crippen molar-refractivity contribution in [3.05, 3.63) is 12.4 Å². The second kappa shape index (κ2) is 4.83. The van der Waals surface area contributed by atoms with E-state index in [2.05, 4.69) is 27.6 Å². The van der Waals surface area contributed by atoms with Crippen LogP contribution >= 0.6 is 0 Å². The molecule has 0 spiro atoms. The van der Waals surface area contributed by atoms with E-state index >= 15 is 0 Å². The molecule has 1 aromatic rings. The smallest absolute Gasteiger partial charge is 0.160 e. The zero-order valence-corrected chi connectivity index (χ0v) is 12.7. The van der Waals surface area contributed by atoms with E-state index in [1.54, 1.807) is 12.4 Å². The second-order valence-electron chi connectivity index (χ2n) is 7.58. The third-order valence-electron chi connectivity index (χ3n) is 6.15. The van der Waals surface area contributed by atoms with Crippen LogP contribution in [0.4, 0.5) is 11.6 Å². The van der Waals surface area contributed by atoms with Crippen molar-refractivity contribution in [3.63, 3.8) is 0 Å². The molecule has 4 fully saturated rings. The highest BCUT2D eigenvalue weighted by molar-refractivity contribution is 5.41. The Morgan fingerprint density at radius 1 is 1.10 bits per heavy atom. The number of nitrogens with two attached hydrogens (primary N) is 1. The number of rotatable bonds is 4. The van der Waals surface area contributed by atoms with Gasteiger partial charge in [0.1, 0.15) is 5.82 Å². The fourth-order valence-electron chi connectivity index (χ4n) is 5.59. The summed E-state index contributed by atoms with van der Waals surface area (Å²) in [4.78, 5) is 8.64. The van der Waals surface area contributed by atoms with Crippen LogP contribution in [0.3, 0.4) is 0 Å². The van der Waals surface area contributed by atoms with Crippen LogP contribution < -0.4 is 16.6 Å². The monoisotopic (exact) mass is 287 g/mol. The highest BCUT2D eigenvalue weighted by Gasteiger charge is 2.53. The van der Waals surface area contributed by atoms with Crippen LogP contribution in [0.5, 0.6) is 0 Å². The average Bonchev–Trinajstić information content (AvgIpc) is 2.46. The summed E-state index contributed by atoms with van der Waals surface area (Å²) >= 11 is 0. The molecule has 4 aliphatic carbocycles. The largest absolute Gasteiger partial charge is 0.366 e. The lowest BCUT2D eigenvalue weighted by Gasteiger charge is -2.59. The van der Waals surface area contributed by atoms with E-state index in [-0.39, 0.29) is 0 Å². The highest BCUT2D eigenvalue weighted by Crippen LogP contribution is 2.61. The molecule has 4 saturated carbocycles. The Morgan fingerprint density at radius 3 is 2.24 bits per heavy atom. The summed E-state index contributed by atoms with van der Waals surface area (Å²) in [6, 6.07) is 0.452. The third kappa shape index (κ3) is 2.27. The Balaban J connectivity index is 1.53. The van der Waals surface area contributed by atoms with Gasteiger partial charge in [0.05, 0.1) is 12.4 Å². The van der Waals surface area contributed by atoms with Crippen molar-refractivity contribution >= 4 is 11.6 Å². The number of aromatic nitrogens is 2. The number of anilines is 2. The Kier molecular flexibility index (Phi) is 3.06. The Morgan fingerprint density at radius 2 is 1.67 bits per heavy atom. The van der Waals surface area contributed by atoms with Gasteiger partial charge in [-0.25, -0.2) is 10.8 Å². The summed E-state index contributed by atoms with van der Waals surface area (Å²) in [6.07, 6.45) is 12.1. The van der Waals surface area contributed by atoms with Gasteiger partial charge >= 0.3 is 0 Å². The SMILES string of the molecule is CC(Nc1cncc(NN)n1)C12CC3CC(CC(C3)C1)C2. The van der Waals surface area contributed by atoms with Crippen LogP contribution in [0.15, 0.2) is 12.4 Å². The number of nitrogen functional groups attached to an aromatic ring is 1. The molecule has 5 rings (SSSR count). The summed E-state index contributed by atoms with van der Waals surface area (Å²) in [7, 11) is 0. The minimum atomic E-state index is 0.452. The number of hydrogen-bond acceptors (Lipinski definition) is 5. The van der Waals surface area contributed by atoms with Crippen LogP contribution in [-0.2, 0) is 0 Å². The van der Waals surface area contributed by atoms with E-state index in [1.165, 1.54) is 38.5 Å². The quantitative estimate of drug-likeness (QED) is 0.586. The highest BCUT2D eigenvalue weighted by atomic mass is 15.3. The first-order valence-corrected chi connectivity index (χ1v) is 8.22. The van der Waals surface area contributed by atoms with Crippen molar-refractivity contribution in [2.45, 2.75) is 51.5 Å². The van der Waals surface area contributed by atoms with Gasteiger partial charge in [-0.15, -0.1) is 0 Å². The first-order chi connectivity index (χ1) is 10.2. The van der Waals surface area contributed by atoms with Gasteiger partial charge in [-0.3, -0.25) is 4.98 Å². The van der Waals surface area contributed by atoms with E-state index < -0.39 is 0 Å². The molecular formula is C16H25N5. The molecule has 0 aliphatic heterocycles. The zero-order chi connectivity index (χ0) is 14.4. The lowest BCUT2D eigenvalue weighted by molar-refractivity contribution is -0.0603. The first kappa shape index (κ1) is 13.3. The molecule has 1 atom stereocenters. The van der Waals surface area contributed by atoms with E-state index in [9.17, 15) is 0 Å². The van der Waals surface area contributed by atoms with Gasteiger partial charge in [0.2, 0.25) is 0 Å². The van der Waals surface area contributed by atoms with Crippen LogP contribution in [-0.4, -0.2) is 16.0 Å². The maximum atomic E-state index is 5.42. The molecule has 4 aliphatic rings. The molecule has 4 N–H and O–H groups in total. The normalized spacial score (nSPS) is 38.3. The predicted molar refractivity (Wildman–Crippen MR) is 83.5 cm³/mol. The van der Waals surface area contributed by atoms with Gasteiger partial charge in [0.25, 0.3) is 0 Å². The maximum absolute atomic E-state index is 5.42. The van der Waals surface area contributed by atoms with E-state index in [1.807, 2.05) is 0 Å². The summed E-state index contributed by atoms with van der Waals surface area (Å²) in [6.45, 7) is 2.33. The molecule has 21 heavy (non-hydrogen) atoms. The summed E-state index contributed by atoms with van der Waals surface area (Å²) in [5, 5.41) is 3.60. The van der Waals surface area contributed by atoms with E-state index in [0.29, 0.717) is 17.3 Å². The second-order valence-corrected chi connectivity index (χ2v) is 7.58. The van der Waals surface area contributed by atoms with E-state index in [4.69, 9.17) is 5.84 Å². The predicted octanol–water partition coefficient (Wildman–Crippen LogP) is 2.78. The minimum Gasteiger partial charge on any atom is -0.366 e. The number of nitrogens with one attached hydrogen (secondary N) is 2. The standard InChI is InChI=1S/C16H25N5/c1-10(19-14-8-18-9-15(20-14)21-17)16-5-11-2-12(6-16)4-13(3-11)7-16/h8-13H,2-7,17H2,1H3,(H2,19,20,21). The van der Waals surface area contributed by atoms with Crippen molar-refractivity contribution in [1.82, 2.24) is 9.97 Å². The van der Waals surface area contributed by atoms with Crippen LogP contribution in [0.2, 0.25) is 0 Å². The zero-order valence-electron chi connectivity index (χ0n) is 12.7. The molecule has 1 unspecified atom stereocenters. The lowest BCUT2D eigenvalue weighted by atomic mass is 9.48. The molecule has 1 heterocycles. The van der Waals surface area contributed by atoms with Crippen LogP contribution in [0.25, 0.3) is 0 Å². The van der Waals surface area contributed by atoms with Crippen LogP contribution in [0.1, 0.15) is 45.4 Å². The summed E-state index contributed by atoms with van der Waals surface area (Å²) in [5.41, 5.74) is 3.04. The summed E-state index contributed by atoms with van der Waals surface area (Å²) in [5.74, 6) is 9.78. The van der Waals surface area contributed by atoms with Gasteiger partial charge in [-0.2, -0.15) is 0 Å². The molecule has 0 saturated heterocycles. The van der Waals surface area contributed by atoms with Gasteiger partial charge in [-0.1, -0.05) is 0 Å². The Labute approximate surface area is 126 Å².